The van der Waals surface area contributed by atoms with Crippen LogP contribution in [0.25, 0.3) is 0 Å². The van der Waals surface area contributed by atoms with E-state index in [1.54, 1.807) is 12.4 Å². The molecule has 2 atom stereocenters. The predicted molar refractivity (Wildman–Crippen MR) is 105 cm³/mol. The standard InChI is InChI=1S/C20H31ClN4O/c1-24-7-4-18(5-8-24)26-11-6-16-12-19(16)15-2-9-25(10-3-15)20-22-13-17(21)14-23-20/h13-16,18-19H,2-12H2,1H3. The molecule has 144 valence electrons. The van der Waals surface area contributed by atoms with Crippen LogP contribution in [0.15, 0.2) is 12.4 Å². The molecule has 2 saturated heterocycles. The summed E-state index contributed by atoms with van der Waals surface area (Å²) in [6.45, 7) is 5.48. The fourth-order valence-electron chi connectivity index (χ4n) is 4.71. The van der Waals surface area contributed by atoms with Crippen LogP contribution in [-0.2, 0) is 4.74 Å². The minimum absolute atomic E-state index is 0.506. The van der Waals surface area contributed by atoms with E-state index in [0.717, 1.165) is 43.4 Å². The van der Waals surface area contributed by atoms with Crippen molar-refractivity contribution in [3.05, 3.63) is 17.4 Å². The van der Waals surface area contributed by atoms with Crippen molar-refractivity contribution in [2.45, 2.75) is 44.6 Å². The molecule has 1 aliphatic carbocycles. The summed E-state index contributed by atoms with van der Waals surface area (Å²) in [5.41, 5.74) is 0. The van der Waals surface area contributed by atoms with Crippen LogP contribution in [0.5, 0.6) is 0 Å². The monoisotopic (exact) mass is 378 g/mol. The van der Waals surface area contributed by atoms with E-state index < -0.39 is 0 Å². The van der Waals surface area contributed by atoms with Crippen LogP contribution in [0.1, 0.15) is 38.5 Å². The Kier molecular flexibility index (Phi) is 5.97. The van der Waals surface area contributed by atoms with E-state index in [9.17, 15) is 0 Å². The first-order valence-electron chi connectivity index (χ1n) is 10.2. The minimum atomic E-state index is 0.506. The highest BCUT2D eigenvalue weighted by Crippen LogP contribution is 2.49. The number of aromatic nitrogens is 2. The van der Waals surface area contributed by atoms with E-state index in [1.165, 1.54) is 51.6 Å². The maximum absolute atomic E-state index is 6.14. The van der Waals surface area contributed by atoms with Crippen LogP contribution in [0.3, 0.4) is 0 Å². The molecule has 0 radical (unpaired) electrons. The Morgan fingerprint density at radius 1 is 1.08 bits per heavy atom. The lowest BCUT2D eigenvalue weighted by Crippen LogP contribution is -2.35. The molecule has 26 heavy (non-hydrogen) atoms. The summed E-state index contributed by atoms with van der Waals surface area (Å²) in [6, 6.07) is 0. The molecule has 2 unspecified atom stereocenters. The lowest BCUT2D eigenvalue weighted by molar-refractivity contribution is 0.00909. The zero-order chi connectivity index (χ0) is 17.9. The molecule has 3 aliphatic rings. The summed E-state index contributed by atoms with van der Waals surface area (Å²) in [5.74, 6) is 3.55. The quantitative estimate of drug-likeness (QED) is 0.758. The van der Waals surface area contributed by atoms with Crippen LogP contribution in [0.2, 0.25) is 5.02 Å². The second-order valence-corrected chi connectivity index (χ2v) is 8.78. The predicted octanol–water partition coefficient (Wildman–Crippen LogP) is 3.48. The van der Waals surface area contributed by atoms with Gasteiger partial charge >= 0.3 is 0 Å². The number of hydrogen-bond donors (Lipinski definition) is 0. The highest BCUT2D eigenvalue weighted by molar-refractivity contribution is 6.30. The molecular formula is C20H31ClN4O. The summed E-state index contributed by atoms with van der Waals surface area (Å²) >= 11 is 5.88. The number of likely N-dealkylation sites (tertiary alicyclic amines) is 1. The third-order valence-electron chi connectivity index (χ3n) is 6.52. The molecule has 0 N–H and O–H groups in total. The van der Waals surface area contributed by atoms with Crippen LogP contribution in [0, 0.1) is 17.8 Å². The molecule has 3 fully saturated rings. The number of rotatable bonds is 6. The van der Waals surface area contributed by atoms with Gasteiger partial charge in [-0.15, -0.1) is 0 Å². The van der Waals surface area contributed by atoms with Gasteiger partial charge in [-0.05, 0) is 63.3 Å². The number of nitrogens with zero attached hydrogens (tertiary/aromatic N) is 4. The molecule has 0 bridgehead atoms. The lowest BCUT2D eigenvalue weighted by atomic mass is 9.90. The molecule has 4 rings (SSSR count). The Balaban J connectivity index is 1.13. The Morgan fingerprint density at radius 3 is 2.46 bits per heavy atom. The third kappa shape index (κ3) is 4.68. The average molecular weight is 379 g/mol. The van der Waals surface area contributed by atoms with Crippen molar-refractivity contribution in [3.63, 3.8) is 0 Å². The first-order valence-corrected chi connectivity index (χ1v) is 10.6. The van der Waals surface area contributed by atoms with E-state index >= 15 is 0 Å². The van der Waals surface area contributed by atoms with Crippen molar-refractivity contribution in [1.82, 2.24) is 14.9 Å². The molecule has 0 aromatic carbocycles. The number of anilines is 1. The van der Waals surface area contributed by atoms with Crippen molar-refractivity contribution < 1.29 is 4.74 Å². The Labute approximate surface area is 162 Å². The molecule has 2 aliphatic heterocycles. The van der Waals surface area contributed by atoms with Gasteiger partial charge in [0.2, 0.25) is 5.95 Å². The molecular weight excluding hydrogens is 348 g/mol. The van der Waals surface area contributed by atoms with Gasteiger partial charge in [-0.3, -0.25) is 0 Å². The van der Waals surface area contributed by atoms with Crippen LogP contribution in [0.4, 0.5) is 5.95 Å². The van der Waals surface area contributed by atoms with Gasteiger partial charge in [0.15, 0.2) is 0 Å². The van der Waals surface area contributed by atoms with Crippen LogP contribution >= 0.6 is 11.6 Å². The van der Waals surface area contributed by atoms with Gasteiger partial charge in [0.25, 0.3) is 0 Å². The maximum Gasteiger partial charge on any atom is 0.225 e. The SMILES string of the molecule is CN1CCC(OCCC2CC2C2CCN(c3ncc(Cl)cn3)CC2)CC1. The van der Waals surface area contributed by atoms with Crippen molar-refractivity contribution >= 4 is 17.5 Å². The molecule has 6 heteroatoms. The fraction of sp³-hybridized carbons (Fsp3) is 0.800. The van der Waals surface area contributed by atoms with Crippen molar-refractivity contribution in [1.29, 1.82) is 0 Å². The van der Waals surface area contributed by atoms with Crippen molar-refractivity contribution in [3.8, 4) is 0 Å². The molecule has 0 amide bonds. The van der Waals surface area contributed by atoms with E-state index in [-0.39, 0.29) is 0 Å². The lowest BCUT2D eigenvalue weighted by Gasteiger charge is -2.32. The van der Waals surface area contributed by atoms with Crippen molar-refractivity contribution in [2.75, 3.05) is 44.7 Å². The topological polar surface area (TPSA) is 41.5 Å². The van der Waals surface area contributed by atoms with Gasteiger partial charge in [0.05, 0.1) is 23.5 Å². The summed E-state index contributed by atoms with van der Waals surface area (Å²) in [5, 5.41) is 0.604. The van der Waals surface area contributed by atoms with Gasteiger partial charge < -0.3 is 14.5 Å². The summed E-state index contributed by atoms with van der Waals surface area (Å²) in [4.78, 5) is 13.4. The average Bonchev–Trinajstić information content (AvgIpc) is 3.44. The molecule has 5 nitrogen and oxygen atoms in total. The van der Waals surface area contributed by atoms with Gasteiger partial charge in [-0.2, -0.15) is 0 Å². The largest absolute Gasteiger partial charge is 0.378 e. The third-order valence-corrected chi connectivity index (χ3v) is 6.71. The first-order chi connectivity index (χ1) is 12.7. The normalized spacial score (nSPS) is 28.5. The Hall–Kier alpha value is -0.910. The molecule has 1 saturated carbocycles. The zero-order valence-electron chi connectivity index (χ0n) is 15.8. The summed E-state index contributed by atoms with van der Waals surface area (Å²) < 4.78 is 6.14. The zero-order valence-corrected chi connectivity index (χ0v) is 16.6. The van der Waals surface area contributed by atoms with Crippen molar-refractivity contribution in [2.24, 2.45) is 17.8 Å². The van der Waals surface area contributed by atoms with Crippen LogP contribution < -0.4 is 4.90 Å². The number of piperidine rings is 2. The number of ether oxygens (including phenoxy) is 1. The highest BCUT2D eigenvalue weighted by Gasteiger charge is 2.43. The summed E-state index contributed by atoms with van der Waals surface area (Å²) in [6.07, 6.45) is 11.5. The molecule has 3 heterocycles. The number of halogens is 1. The first kappa shape index (κ1) is 18.5. The minimum Gasteiger partial charge on any atom is -0.378 e. The number of hydrogen-bond acceptors (Lipinski definition) is 5. The molecule has 0 spiro atoms. The van der Waals surface area contributed by atoms with Gasteiger partial charge in [-0.25, -0.2) is 9.97 Å². The Bertz CT molecular complexity index is 568. The van der Waals surface area contributed by atoms with Gasteiger partial charge in [-0.1, -0.05) is 11.6 Å². The second kappa shape index (κ2) is 8.41. The van der Waals surface area contributed by atoms with Gasteiger partial charge in [0, 0.05) is 32.8 Å². The second-order valence-electron chi connectivity index (χ2n) is 8.35. The van der Waals surface area contributed by atoms with E-state index in [4.69, 9.17) is 16.3 Å². The summed E-state index contributed by atoms with van der Waals surface area (Å²) in [7, 11) is 2.20. The van der Waals surface area contributed by atoms with Gasteiger partial charge in [0.1, 0.15) is 0 Å². The van der Waals surface area contributed by atoms with E-state index in [2.05, 4.69) is 26.8 Å². The maximum atomic E-state index is 6.14. The Morgan fingerprint density at radius 2 is 1.77 bits per heavy atom. The van der Waals surface area contributed by atoms with E-state index in [0.29, 0.717) is 11.1 Å². The highest BCUT2D eigenvalue weighted by atomic mass is 35.5. The van der Waals surface area contributed by atoms with E-state index in [1.807, 2.05) is 0 Å². The molecule has 1 aromatic rings. The smallest absolute Gasteiger partial charge is 0.225 e. The molecule has 1 aromatic heterocycles. The van der Waals surface area contributed by atoms with Crippen LogP contribution in [-0.4, -0.2) is 60.8 Å². The fourth-order valence-corrected chi connectivity index (χ4v) is 4.81.